The first-order valence-corrected chi connectivity index (χ1v) is 9.38. The Morgan fingerprint density at radius 3 is 2.24 bits per heavy atom. The first-order chi connectivity index (χ1) is 14.3. The maximum atomic E-state index is 5.57. The molecule has 1 aromatic heterocycles. The molecule has 4 aromatic rings. The molecule has 0 aliphatic carbocycles. The summed E-state index contributed by atoms with van der Waals surface area (Å²) in [6.07, 6.45) is 0.642. The van der Waals surface area contributed by atoms with Gasteiger partial charge < -0.3 is 18.9 Å². The molecule has 2 aliphatic rings. The summed E-state index contributed by atoms with van der Waals surface area (Å²) in [6.45, 7) is 0.455. The fourth-order valence-corrected chi connectivity index (χ4v) is 3.69. The van der Waals surface area contributed by atoms with Gasteiger partial charge in [-0.2, -0.15) is 0 Å². The Balaban J connectivity index is 1.54. The number of hydrogen-bond acceptors (Lipinski definition) is 6. The molecule has 0 atom stereocenters. The molecule has 0 radical (unpaired) electrons. The Kier molecular flexibility index (Phi) is 3.56. The van der Waals surface area contributed by atoms with Crippen LogP contribution in [0, 0.1) is 0 Å². The van der Waals surface area contributed by atoms with Crippen LogP contribution in [-0.4, -0.2) is 23.6 Å². The van der Waals surface area contributed by atoms with E-state index in [0.29, 0.717) is 17.9 Å². The van der Waals surface area contributed by atoms with Crippen LogP contribution in [0.2, 0.25) is 0 Å². The molecule has 6 nitrogen and oxygen atoms in total. The molecule has 3 heterocycles. The van der Waals surface area contributed by atoms with Crippen molar-refractivity contribution >= 4 is 10.9 Å². The van der Waals surface area contributed by atoms with Crippen LogP contribution >= 0.6 is 0 Å². The van der Waals surface area contributed by atoms with Gasteiger partial charge in [0.25, 0.3) is 0 Å². The lowest BCUT2D eigenvalue weighted by atomic mass is 10.0. The Bertz CT molecular complexity index is 1240. The second-order valence-corrected chi connectivity index (χ2v) is 6.94. The van der Waals surface area contributed by atoms with Crippen molar-refractivity contribution in [2.45, 2.75) is 6.42 Å². The van der Waals surface area contributed by atoms with E-state index in [2.05, 4.69) is 12.1 Å². The van der Waals surface area contributed by atoms with Crippen molar-refractivity contribution in [3.05, 3.63) is 72.1 Å². The molecule has 0 bridgehead atoms. The molecule has 0 spiro atoms. The fourth-order valence-electron chi connectivity index (χ4n) is 3.69. The summed E-state index contributed by atoms with van der Waals surface area (Å²) in [4.78, 5) is 9.72. The van der Waals surface area contributed by atoms with Crippen LogP contribution in [0.25, 0.3) is 22.2 Å². The second kappa shape index (κ2) is 6.38. The third-order valence-corrected chi connectivity index (χ3v) is 5.09. The highest BCUT2D eigenvalue weighted by molar-refractivity contribution is 5.95. The third kappa shape index (κ3) is 2.81. The van der Waals surface area contributed by atoms with Crippen LogP contribution in [0.15, 0.2) is 60.7 Å². The van der Waals surface area contributed by atoms with Gasteiger partial charge in [-0.3, -0.25) is 0 Å². The van der Waals surface area contributed by atoms with Gasteiger partial charge in [-0.15, -0.1) is 0 Å². The summed E-state index contributed by atoms with van der Waals surface area (Å²) in [6, 6.07) is 19.9. The van der Waals surface area contributed by atoms with Crippen molar-refractivity contribution in [2.75, 3.05) is 13.6 Å². The highest BCUT2D eigenvalue weighted by Gasteiger charge is 2.20. The van der Waals surface area contributed by atoms with E-state index in [1.54, 1.807) is 0 Å². The molecule has 3 aromatic carbocycles. The van der Waals surface area contributed by atoms with Gasteiger partial charge in [0.1, 0.15) is 5.82 Å². The average Bonchev–Trinajstić information content (AvgIpc) is 3.40. The van der Waals surface area contributed by atoms with Crippen molar-refractivity contribution in [2.24, 2.45) is 0 Å². The minimum atomic E-state index is 0.218. The van der Waals surface area contributed by atoms with Crippen LogP contribution < -0.4 is 18.9 Å². The molecular formula is C23H16N2O4. The Morgan fingerprint density at radius 2 is 1.41 bits per heavy atom. The van der Waals surface area contributed by atoms with Crippen LogP contribution in [0.4, 0.5) is 0 Å². The minimum absolute atomic E-state index is 0.218. The second-order valence-electron chi connectivity index (χ2n) is 6.94. The van der Waals surface area contributed by atoms with E-state index in [1.807, 2.05) is 48.5 Å². The summed E-state index contributed by atoms with van der Waals surface area (Å²) in [5.41, 5.74) is 3.75. The first kappa shape index (κ1) is 16.2. The van der Waals surface area contributed by atoms with Gasteiger partial charge in [0.15, 0.2) is 23.0 Å². The standard InChI is InChI=1S/C23H16N2O4/c1-2-4-14(5-3-1)8-22-24-17-11-21-20(28-13-29-21)10-16(17)23(25-22)15-6-7-18-19(9-15)27-12-26-18/h1-7,9-11H,8,12-13H2. The maximum absolute atomic E-state index is 5.57. The fraction of sp³-hybridized carbons (Fsp3) is 0.130. The molecule has 0 fully saturated rings. The molecule has 29 heavy (non-hydrogen) atoms. The zero-order valence-corrected chi connectivity index (χ0v) is 15.4. The molecule has 0 unspecified atom stereocenters. The molecule has 2 aliphatic heterocycles. The van der Waals surface area contributed by atoms with E-state index >= 15 is 0 Å². The lowest BCUT2D eigenvalue weighted by Gasteiger charge is -2.11. The van der Waals surface area contributed by atoms with Crippen LogP contribution in [-0.2, 0) is 6.42 Å². The molecule has 6 rings (SSSR count). The SMILES string of the molecule is c1ccc(Cc2nc(-c3ccc4c(c3)OCO4)c3cc4c(cc3n2)OCO4)cc1. The quantitative estimate of drug-likeness (QED) is 0.523. The number of fused-ring (bicyclic) bond motifs is 3. The summed E-state index contributed by atoms with van der Waals surface area (Å²) in [5.74, 6) is 3.63. The maximum Gasteiger partial charge on any atom is 0.231 e. The van der Waals surface area contributed by atoms with Crippen molar-refractivity contribution in [1.82, 2.24) is 9.97 Å². The third-order valence-electron chi connectivity index (χ3n) is 5.09. The van der Waals surface area contributed by atoms with Crippen LogP contribution in [0.5, 0.6) is 23.0 Å². The largest absolute Gasteiger partial charge is 0.454 e. The van der Waals surface area contributed by atoms with E-state index in [4.69, 9.17) is 28.9 Å². The van der Waals surface area contributed by atoms with Gasteiger partial charge in [-0.05, 0) is 29.8 Å². The summed E-state index contributed by atoms with van der Waals surface area (Å²) >= 11 is 0. The van der Waals surface area contributed by atoms with E-state index in [-0.39, 0.29) is 13.6 Å². The minimum Gasteiger partial charge on any atom is -0.454 e. The van der Waals surface area contributed by atoms with Gasteiger partial charge in [0.05, 0.1) is 11.2 Å². The monoisotopic (exact) mass is 384 g/mol. The van der Waals surface area contributed by atoms with Crippen molar-refractivity contribution in [1.29, 1.82) is 0 Å². The Morgan fingerprint density at radius 1 is 0.690 bits per heavy atom. The van der Waals surface area contributed by atoms with Gasteiger partial charge in [-0.25, -0.2) is 9.97 Å². The first-order valence-electron chi connectivity index (χ1n) is 9.38. The van der Waals surface area contributed by atoms with Crippen molar-refractivity contribution < 1.29 is 18.9 Å². The smallest absolute Gasteiger partial charge is 0.231 e. The van der Waals surface area contributed by atoms with E-state index < -0.39 is 0 Å². The van der Waals surface area contributed by atoms with E-state index in [1.165, 1.54) is 0 Å². The van der Waals surface area contributed by atoms with Gasteiger partial charge >= 0.3 is 0 Å². The van der Waals surface area contributed by atoms with Gasteiger partial charge in [-0.1, -0.05) is 30.3 Å². The lowest BCUT2D eigenvalue weighted by molar-refractivity contribution is 0.173. The number of aromatic nitrogens is 2. The number of hydrogen-bond donors (Lipinski definition) is 0. The predicted octanol–water partition coefficient (Wildman–Crippen LogP) is 4.35. The normalized spacial score (nSPS) is 13.8. The topological polar surface area (TPSA) is 62.7 Å². The highest BCUT2D eigenvalue weighted by atomic mass is 16.7. The van der Waals surface area contributed by atoms with Crippen LogP contribution in [0.3, 0.4) is 0 Å². The van der Waals surface area contributed by atoms with Crippen LogP contribution in [0.1, 0.15) is 11.4 Å². The molecule has 0 saturated carbocycles. The van der Waals surface area contributed by atoms with E-state index in [9.17, 15) is 0 Å². The summed E-state index contributed by atoms with van der Waals surface area (Å²) in [5, 5.41) is 0.907. The molecular weight excluding hydrogens is 368 g/mol. The zero-order chi connectivity index (χ0) is 19.2. The zero-order valence-electron chi connectivity index (χ0n) is 15.4. The number of benzene rings is 3. The number of ether oxygens (including phenoxy) is 4. The lowest BCUT2D eigenvalue weighted by Crippen LogP contribution is -2.00. The molecule has 0 amide bonds. The number of rotatable bonds is 3. The highest BCUT2D eigenvalue weighted by Crippen LogP contribution is 2.41. The Labute approximate surface area is 166 Å². The average molecular weight is 384 g/mol. The van der Waals surface area contributed by atoms with Crippen molar-refractivity contribution in [3.63, 3.8) is 0 Å². The predicted molar refractivity (Wildman–Crippen MR) is 106 cm³/mol. The molecule has 6 heteroatoms. The van der Waals surface area contributed by atoms with Gasteiger partial charge in [0, 0.05) is 23.4 Å². The molecule has 142 valence electrons. The summed E-state index contributed by atoms with van der Waals surface area (Å²) in [7, 11) is 0. The van der Waals surface area contributed by atoms with Crippen molar-refractivity contribution in [3.8, 4) is 34.3 Å². The summed E-state index contributed by atoms with van der Waals surface area (Å²) < 4.78 is 22.1. The van der Waals surface area contributed by atoms with Gasteiger partial charge in [0.2, 0.25) is 13.6 Å². The molecule has 0 N–H and O–H groups in total. The Hall–Kier alpha value is -3.80. The van der Waals surface area contributed by atoms with E-state index in [0.717, 1.165) is 45.0 Å². The number of nitrogens with zero attached hydrogens (tertiary/aromatic N) is 2. The molecule has 0 saturated heterocycles.